The summed E-state index contributed by atoms with van der Waals surface area (Å²) >= 11 is 0. The number of nitro groups is 1. The summed E-state index contributed by atoms with van der Waals surface area (Å²) in [6, 6.07) is 11.5. The Labute approximate surface area is 178 Å². The van der Waals surface area contributed by atoms with Crippen LogP contribution < -0.4 is 19.8 Å². The first-order valence-corrected chi connectivity index (χ1v) is 9.89. The minimum Gasteiger partial charge on any atom is -0.496 e. The van der Waals surface area contributed by atoms with Gasteiger partial charge in [0.15, 0.2) is 11.3 Å². The van der Waals surface area contributed by atoms with Gasteiger partial charge in [-0.2, -0.15) is 0 Å². The van der Waals surface area contributed by atoms with Crippen LogP contribution >= 0.6 is 0 Å². The van der Waals surface area contributed by atoms with Gasteiger partial charge in [0.2, 0.25) is 0 Å². The molecule has 0 unspecified atom stereocenters. The fourth-order valence-electron chi connectivity index (χ4n) is 3.76. The Morgan fingerprint density at radius 2 is 1.74 bits per heavy atom. The molecule has 0 N–H and O–H groups in total. The van der Waals surface area contributed by atoms with Gasteiger partial charge in [0.1, 0.15) is 22.5 Å². The molecule has 0 aliphatic carbocycles. The number of non-ortho nitro benzene ring substituents is 1. The average Bonchev–Trinajstić information content (AvgIpc) is 2.78. The minimum atomic E-state index is -0.398. The van der Waals surface area contributed by atoms with Gasteiger partial charge in [-0.3, -0.25) is 19.8 Å². The molecule has 2 heterocycles. The first-order valence-electron chi connectivity index (χ1n) is 9.89. The Morgan fingerprint density at radius 3 is 2.35 bits per heavy atom. The third-order valence-electron chi connectivity index (χ3n) is 5.45. The highest BCUT2D eigenvalue weighted by Gasteiger charge is 2.21. The summed E-state index contributed by atoms with van der Waals surface area (Å²) in [6.45, 7) is 3.66. The molecule has 4 rings (SSSR count). The first kappa shape index (κ1) is 20.7. The Hall–Kier alpha value is -3.59. The molecule has 1 aromatic heterocycles. The lowest BCUT2D eigenvalue weighted by Gasteiger charge is -2.35. The molecule has 3 aromatic rings. The molecule has 1 aliphatic rings. The van der Waals surface area contributed by atoms with E-state index in [1.165, 1.54) is 25.3 Å². The topological polar surface area (TPSA) is 98.3 Å². The van der Waals surface area contributed by atoms with Gasteiger partial charge in [-0.05, 0) is 5.56 Å². The molecule has 31 heavy (non-hydrogen) atoms. The quantitative estimate of drug-likeness (QED) is 0.439. The van der Waals surface area contributed by atoms with Gasteiger partial charge in [-0.1, -0.05) is 12.1 Å². The number of rotatable bonds is 6. The van der Waals surface area contributed by atoms with Gasteiger partial charge in [-0.15, -0.1) is 0 Å². The van der Waals surface area contributed by atoms with Crippen molar-refractivity contribution in [1.82, 2.24) is 4.90 Å². The molecule has 0 bridgehead atoms. The number of ether oxygens (including phenoxy) is 2. The largest absolute Gasteiger partial charge is 0.496 e. The maximum Gasteiger partial charge on any atom is 0.269 e. The van der Waals surface area contributed by atoms with Crippen molar-refractivity contribution >= 4 is 22.5 Å². The zero-order valence-corrected chi connectivity index (χ0v) is 17.4. The minimum absolute atomic E-state index is 0.0909. The normalized spacial score (nSPS) is 14.6. The zero-order valence-electron chi connectivity index (χ0n) is 17.4. The number of hydrogen-bond acceptors (Lipinski definition) is 8. The summed E-state index contributed by atoms with van der Waals surface area (Å²) < 4.78 is 16.7. The molecule has 1 saturated heterocycles. The third kappa shape index (κ3) is 4.31. The Kier molecular flexibility index (Phi) is 5.77. The Bertz CT molecular complexity index is 1150. The lowest BCUT2D eigenvalue weighted by Crippen LogP contribution is -2.46. The van der Waals surface area contributed by atoms with Gasteiger partial charge < -0.3 is 18.8 Å². The number of benzene rings is 2. The van der Waals surface area contributed by atoms with Crippen LogP contribution in [-0.4, -0.2) is 50.2 Å². The smallest absolute Gasteiger partial charge is 0.269 e. The molecule has 0 saturated carbocycles. The van der Waals surface area contributed by atoms with Crippen LogP contribution in [0.1, 0.15) is 5.56 Å². The molecule has 0 atom stereocenters. The molecule has 0 amide bonds. The fraction of sp³-hybridized carbons (Fsp3) is 0.318. The van der Waals surface area contributed by atoms with Gasteiger partial charge in [0.05, 0.1) is 19.1 Å². The van der Waals surface area contributed by atoms with Crippen LogP contribution in [0.25, 0.3) is 11.0 Å². The van der Waals surface area contributed by atoms with E-state index >= 15 is 0 Å². The number of nitrogens with zero attached hydrogens (tertiary/aromatic N) is 3. The van der Waals surface area contributed by atoms with E-state index in [1.54, 1.807) is 31.4 Å². The van der Waals surface area contributed by atoms with E-state index in [9.17, 15) is 14.9 Å². The standard InChI is InChI=1S/C22H23N3O6/c1-29-17-11-19(30-2)22-18(26)13-21(31-20(22)12-17)24-9-7-23(8-10-24)14-15-3-5-16(6-4-15)25(27)28/h3-6,11-13H,7-10,14H2,1-2H3. The molecule has 2 aromatic carbocycles. The van der Waals surface area contributed by atoms with Crippen molar-refractivity contribution in [2.45, 2.75) is 6.54 Å². The van der Waals surface area contributed by atoms with Crippen molar-refractivity contribution in [3.8, 4) is 11.5 Å². The number of fused-ring (bicyclic) bond motifs is 1. The highest BCUT2D eigenvalue weighted by atomic mass is 16.6. The maximum atomic E-state index is 12.7. The second kappa shape index (κ2) is 8.65. The molecule has 1 aliphatic heterocycles. The summed E-state index contributed by atoms with van der Waals surface area (Å²) in [5, 5.41) is 11.2. The number of piperazine rings is 1. The van der Waals surface area contributed by atoms with E-state index in [0.29, 0.717) is 48.0 Å². The van der Waals surface area contributed by atoms with Crippen LogP contribution in [0.15, 0.2) is 51.7 Å². The zero-order chi connectivity index (χ0) is 22.0. The van der Waals surface area contributed by atoms with E-state index in [0.717, 1.165) is 18.7 Å². The molecule has 0 spiro atoms. The summed E-state index contributed by atoms with van der Waals surface area (Å²) in [4.78, 5) is 27.4. The van der Waals surface area contributed by atoms with Crippen molar-refractivity contribution in [2.75, 3.05) is 45.3 Å². The van der Waals surface area contributed by atoms with Crippen LogP contribution in [0.3, 0.4) is 0 Å². The lowest BCUT2D eigenvalue weighted by atomic mass is 10.1. The van der Waals surface area contributed by atoms with Gasteiger partial charge in [0.25, 0.3) is 5.69 Å². The van der Waals surface area contributed by atoms with Crippen LogP contribution in [0, 0.1) is 10.1 Å². The molecule has 0 radical (unpaired) electrons. The van der Waals surface area contributed by atoms with Gasteiger partial charge >= 0.3 is 0 Å². The number of hydrogen-bond donors (Lipinski definition) is 0. The molecular weight excluding hydrogens is 402 g/mol. The number of anilines is 1. The maximum absolute atomic E-state index is 12.7. The van der Waals surface area contributed by atoms with Crippen LogP contribution in [0.2, 0.25) is 0 Å². The van der Waals surface area contributed by atoms with Crippen molar-refractivity contribution in [1.29, 1.82) is 0 Å². The highest BCUT2D eigenvalue weighted by molar-refractivity contribution is 5.86. The fourth-order valence-corrected chi connectivity index (χ4v) is 3.76. The second-order valence-electron chi connectivity index (χ2n) is 7.34. The van der Waals surface area contributed by atoms with Crippen molar-refractivity contribution in [3.05, 3.63) is 68.4 Å². The van der Waals surface area contributed by atoms with E-state index in [4.69, 9.17) is 13.9 Å². The monoisotopic (exact) mass is 425 g/mol. The van der Waals surface area contributed by atoms with E-state index < -0.39 is 4.92 Å². The lowest BCUT2D eigenvalue weighted by molar-refractivity contribution is -0.384. The second-order valence-corrected chi connectivity index (χ2v) is 7.34. The van der Waals surface area contributed by atoms with E-state index in [1.807, 2.05) is 4.90 Å². The van der Waals surface area contributed by atoms with Crippen molar-refractivity contribution in [2.24, 2.45) is 0 Å². The molecule has 1 fully saturated rings. The van der Waals surface area contributed by atoms with Crippen molar-refractivity contribution < 1.29 is 18.8 Å². The predicted molar refractivity (Wildman–Crippen MR) is 116 cm³/mol. The summed E-state index contributed by atoms with van der Waals surface area (Å²) in [6.07, 6.45) is 0. The van der Waals surface area contributed by atoms with E-state index in [-0.39, 0.29) is 11.1 Å². The van der Waals surface area contributed by atoms with Gasteiger partial charge in [-0.25, -0.2) is 0 Å². The molecule has 162 valence electrons. The predicted octanol–water partition coefficient (Wildman–Crippen LogP) is 3.04. The average molecular weight is 425 g/mol. The van der Waals surface area contributed by atoms with Gasteiger partial charge in [0, 0.05) is 63.1 Å². The van der Waals surface area contributed by atoms with Crippen molar-refractivity contribution in [3.63, 3.8) is 0 Å². The van der Waals surface area contributed by atoms with Crippen LogP contribution in [-0.2, 0) is 6.54 Å². The number of methoxy groups -OCH3 is 2. The highest BCUT2D eigenvalue weighted by Crippen LogP contribution is 2.31. The number of nitro benzene ring substituents is 1. The van der Waals surface area contributed by atoms with E-state index in [2.05, 4.69) is 4.90 Å². The van der Waals surface area contributed by atoms with Crippen LogP contribution in [0.5, 0.6) is 11.5 Å². The Balaban J connectivity index is 1.48. The SMILES string of the molecule is COc1cc(OC)c2c(=O)cc(N3CCN(Cc4ccc([N+](=O)[O-])cc4)CC3)oc2c1. The van der Waals surface area contributed by atoms with Crippen LogP contribution in [0.4, 0.5) is 11.6 Å². The summed E-state index contributed by atoms with van der Waals surface area (Å²) in [5.74, 6) is 1.49. The summed E-state index contributed by atoms with van der Waals surface area (Å²) in [5.41, 5.74) is 1.37. The first-order chi connectivity index (χ1) is 15.0. The molecule has 9 heteroatoms. The summed E-state index contributed by atoms with van der Waals surface area (Å²) in [7, 11) is 3.05. The molecule has 9 nitrogen and oxygen atoms in total. The Morgan fingerprint density at radius 1 is 1.03 bits per heavy atom. The third-order valence-corrected chi connectivity index (χ3v) is 5.45. The molecular formula is C22H23N3O6.